The summed E-state index contributed by atoms with van der Waals surface area (Å²) < 4.78 is 0.665. The van der Waals surface area contributed by atoms with Crippen molar-refractivity contribution < 1.29 is 14.7 Å². The molecule has 1 aromatic heterocycles. The number of nitrogens with one attached hydrogen (secondary N) is 2. The van der Waals surface area contributed by atoms with Crippen molar-refractivity contribution in [1.29, 1.82) is 0 Å². The second-order valence-corrected chi connectivity index (χ2v) is 7.11. The molecule has 116 valence electrons. The van der Waals surface area contributed by atoms with Crippen molar-refractivity contribution in [3.63, 3.8) is 0 Å². The van der Waals surface area contributed by atoms with E-state index in [1.165, 1.54) is 11.3 Å². The minimum atomic E-state index is -1.13. The summed E-state index contributed by atoms with van der Waals surface area (Å²) in [5.74, 6) is -0.946. The fourth-order valence-corrected chi connectivity index (χ4v) is 3.63. The van der Waals surface area contributed by atoms with E-state index in [4.69, 9.17) is 11.6 Å². The van der Waals surface area contributed by atoms with E-state index in [-0.39, 0.29) is 0 Å². The molecular weight excluding hydrogens is 312 g/mol. The van der Waals surface area contributed by atoms with Gasteiger partial charge in [-0.05, 0) is 25.0 Å². The molecule has 0 unspecified atom stereocenters. The first-order valence-corrected chi connectivity index (χ1v) is 8.25. The molecule has 1 heterocycles. The van der Waals surface area contributed by atoms with Crippen LogP contribution in [-0.4, -0.2) is 22.6 Å². The van der Waals surface area contributed by atoms with Crippen molar-refractivity contribution in [3.05, 3.63) is 21.3 Å². The quantitative estimate of drug-likeness (QED) is 0.740. The van der Waals surface area contributed by atoms with E-state index in [1.807, 2.05) is 6.07 Å². The Morgan fingerprint density at radius 3 is 2.43 bits per heavy atom. The monoisotopic (exact) mass is 330 g/mol. The molecule has 0 aliphatic heterocycles. The van der Waals surface area contributed by atoms with Crippen molar-refractivity contribution in [2.75, 3.05) is 0 Å². The highest BCUT2D eigenvalue weighted by Gasteiger charge is 2.40. The molecule has 0 atom stereocenters. The molecule has 2 rings (SSSR count). The van der Waals surface area contributed by atoms with Crippen LogP contribution in [0.25, 0.3) is 0 Å². The van der Waals surface area contributed by atoms with Crippen molar-refractivity contribution in [2.24, 2.45) is 0 Å². The lowest BCUT2D eigenvalue weighted by Gasteiger charge is -2.29. The molecular formula is C14H19ClN2O3S. The zero-order valence-corrected chi connectivity index (χ0v) is 13.2. The summed E-state index contributed by atoms with van der Waals surface area (Å²) in [5, 5.41) is 14.9. The first-order valence-electron chi connectivity index (χ1n) is 7.05. The lowest BCUT2D eigenvalue weighted by molar-refractivity contribution is -0.145. The van der Waals surface area contributed by atoms with Gasteiger partial charge in [-0.1, -0.05) is 37.3 Å². The molecule has 1 aliphatic carbocycles. The number of hydrogen-bond acceptors (Lipinski definition) is 3. The van der Waals surface area contributed by atoms with E-state index in [0.29, 0.717) is 23.7 Å². The van der Waals surface area contributed by atoms with Gasteiger partial charge in [-0.25, -0.2) is 9.59 Å². The number of urea groups is 1. The molecule has 1 fully saturated rings. The lowest BCUT2D eigenvalue weighted by atomic mass is 9.90. The van der Waals surface area contributed by atoms with Crippen LogP contribution in [0.3, 0.4) is 0 Å². The van der Waals surface area contributed by atoms with Gasteiger partial charge in [0.2, 0.25) is 0 Å². The molecule has 1 aromatic rings. The van der Waals surface area contributed by atoms with Crippen molar-refractivity contribution in [3.8, 4) is 0 Å². The highest BCUT2D eigenvalue weighted by atomic mass is 35.5. The normalized spacial score (nSPS) is 17.8. The van der Waals surface area contributed by atoms with Crippen LogP contribution in [0.1, 0.15) is 43.4 Å². The number of halogens is 1. The van der Waals surface area contributed by atoms with E-state index >= 15 is 0 Å². The number of thiophene rings is 1. The maximum Gasteiger partial charge on any atom is 0.329 e. The van der Waals surface area contributed by atoms with Crippen LogP contribution in [-0.2, 0) is 11.3 Å². The van der Waals surface area contributed by atoms with Crippen LogP contribution < -0.4 is 10.6 Å². The Balaban J connectivity index is 1.93. The molecule has 5 nitrogen and oxygen atoms in total. The maximum absolute atomic E-state index is 12.0. The summed E-state index contributed by atoms with van der Waals surface area (Å²) in [7, 11) is 0. The van der Waals surface area contributed by atoms with Gasteiger partial charge in [0.1, 0.15) is 5.54 Å². The van der Waals surface area contributed by atoms with Crippen LogP contribution >= 0.6 is 22.9 Å². The molecule has 7 heteroatoms. The second-order valence-electron chi connectivity index (χ2n) is 5.31. The van der Waals surface area contributed by atoms with Gasteiger partial charge in [0, 0.05) is 4.88 Å². The Labute approximate surface area is 132 Å². The van der Waals surface area contributed by atoms with Gasteiger partial charge in [0.25, 0.3) is 0 Å². The Morgan fingerprint density at radius 2 is 1.90 bits per heavy atom. The number of carboxylic acid groups (broad SMARTS) is 1. The highest BCUT2D eigenvalue weighted by molar-refractivity contribution is 7.16. The van der Waals surface area contributed by atoms with Gasteiger partial charge in [-0.2, -0.15) is 0 Å². The molecule has 1 aliphatic rings. The number of carbonyl (C=O) groups excluding carboxylic acids is 1. The first kappa shape index (κ1) is 16.1. The molecule has 3 N–H and O–H groups in total. The molecule has 0 saturated heterocycles. The molecule has 1 saturated carbocycles. The molecule has 0 spiro atoms. The van der Waals surface area contributed by atoms with Gasteiger partial charge < -0.3 is 15.7 Å². The topological polar surface area (TPSA) is 78.4 Å². The molecule has 21 heavy (non-hydrogen) atoms. The third kappa shape index (κ3) is 4.35. The number of carbonyl (C=O) groups is 2. The average molecular weight is 331 g/mol. The number of rotatable bonds is 4. The van der Waals surface area contributed by atoms with E-state index in [9.17, 15) is 14.7 Å². The standard InChI is InChI=1S/C14H19ClN2O3S/c15-11-6-5-10(21-11)9-16-13(20)17-14(12(18)19)7-3-1-2-4-8-14/h5-6H,1-4,7-9H2,(H,18,19)(H2,16,17,20). The number of amides is 2. The summed E-state index contributed by atoms with van der Waals surface area (Å²) >= 11 is 7.22. The fraction of sp³-hybridized carbons (Fsp3) is 0.571. The summed E-state index contributed by atoms with van der Waals surface area (Å²) in [4.78, 5) is 24.5. The molecule has 0 radical (unpaired) electrons. The van der Waals surface area contributed by atoms with Crippen molar-refractivity contribution in [1.82, 2.24) is 10.6 Å². The predicted octanol–water partition coefficient (Wildman–Crippen LogP) is 3.38. The smallest absolute Gasteiger partial charge is 0.329 e. The number of aliphatic carboxylic acids is 1. The Bertz CT molecular complexity index is 510. The zero-order chi connectivity index (χ0) is 15.3. The van der Waals surface area contributed by atoms with E-state index in [0.717, 1.165) is 30.6 Å². The summed E-state index contributed by atoms with van der Waals surface area (Å²) in [6.45, 7) is 0.346. The Kier molecular flexibility index (Phi) is 5.47. The van der Waals surface area contributed by atoms with Gasteiger partial charge in [-0.15, -0.1) is 11.3 Å². The van der Waals surface area contributed by atoms with Crippen molar-refractivity contribution >= 4 is 34.9 Å². The fourth-order valence-electron chi connectivity index (χ4n) is 2.60. The summed E-state index contributed by atoms with van der Waals surface area (Å²) in [5.41, 5.74) is -1.13. The van der Waals surface area contributed by atoms with Crippen LogP contribution in [0.2, 0.25) is 4.34 Å². The second kappa shape index (κ2) is 7.13. The van der Waals surface area contributed by atoms with E-state index in [2.05, 4.69) is 10.6 Å². The third-order valence-electron chi connectivity index (χ3n) is 3.77. The molecule has 0 aromatic carbocycles. The minimum Gasteiger partial charge on any atom is -0.480 e. The SMILES string of the molecule is O=C(NCc1ccc(Cl)s1)NC1(C(=O)O)CCCCCC1. The van der Waals surface area contributed by atoms with Crippen LogP contribution in [0.5, 0.6) is 0 Å². The van der Waals surface area contributed by atoms with Gasteiger partial charge in [-0.3, -0.25) is 0 Å². The van der Waals surface area contributed by atoms with E-state index in [1.54, 1.807) is 6.07 Å². The first-order chi connectivity index (χ1) is 10.0. The minimum absolute atomic E-state index is 0.346. The Morgan fingerprint density at radius 1 is 1.24 bits per heavy atom. The van der Waals surface area contributed by atoms with Crippen LogP contribution in [0.15, 0.2) is 12.1 Å². The van der Waals surface area contributed by atoms with Crippen molar-refractivity contribution in [2.45, 2.75) is 50.6 Å². The predicted molar refractivity (Wildman–Crippen MR) is 82.8 cm³/mol. The highest BCUT2D eigenvalue weighted by Crippen LogP contribution is 2.27. The van der Waals surface area contributed by atoms with Gasteiger partial charge in [0.15, 0.2) is 0 Å². The van der Waals surface area contributed by atoms with Gasteiger partial charge in [0.05, 0.1) is 10.9 Å². The van der Waals surface area contributed by atoms with Crippen LogP contribution in [0, 0.1) is 0 Å². The number of hydrogen-bond donors (Lipinski definition) is 3. The largest absolute Gasteiger partial charge is 0.480 e. The summed E-state index contributed by atoms with van der Waals surface area (Å²) in [6.07, 6.45) is 4.67. The molecule has 0 bridgehead atoms. The zero-order valence-electron chi connectivity index (χ0n) is 11.7. The van der Waals surface area contributed by atoms with E-state index < -0.39 is 17.5 Å². The molecule has 2 amide bonds. The Hall–Kier alpha value is -1.27. The summed E-state index contributed by atoms with van der Waals surface area (Å²) in [6, 6.07) is 3.17. The maximum atomic E-state index is 12.0. The van der Waals surface area contributed by atoms with Gasteiger partial charge >= 0.3 is 12.0 Å². The number of carboxylic acids is 1. The average Bonchev–Trinajstić information content (AvgIpc) is 2.71. The van der Waals surface area contributed by atoms with Crippen LogP contribution in [0.4, 0.5) is 4.79 Å². The lowest BCUT2D eigenvalue weighted by Crippen LogP contribution is -2.56. The third-order valence-corrected chi connectivity index (χ3v) is 5.00.